The van der Waals surface area contributed by atoms with Crippen LogP contribution in [0.25, 0.3) is 16.6 Å². The Bertz CT molecular complexity index is 1610. The quantitative estimate of drug-likeness (QED) is 0.321. The Balaban J connectivity index is 1.27. The maximum absolute atomic E-state index is 6.47. The van der Waals surface area contributed by atoms with Gasteiger partial charge in [-0.2, -0.15) is 5.10 Å². The number of ether oxygens (including phenoxy) is 3. The number of aryl methyl sites for hydroxylation is 1. The number of methoxy groups -OCH3 is 1. The molecule has 38 heavy (non-hydrogen) atoms. The lowest BCUT2D eigenvalue weighted by Crippen LogP contribution is -2.46. The lowest BCUT2D eigenvalue weighted by atomic mass is 9.88. The molecule has 1 N–H and O–H groups in total. The molecule has 0 atom stereocenters. The first-order chi connectivity index (χ1) is 18.5. The van der Waals surface area contributed by atoms with Gasteiger partial charge in [0.1, 0.15) is 36.7 Å². The van der Waals surface area contributed by atoms with Gasteiger partial charge < -0.3 is 24.4 Å². The van der Waals surface area contributed by atoms with Crippen molar-refractivity contribution in [2.24, 2.45) is 0 Å². The van der Waals surface area contributed by atoms with E-state index in [0.717, 1.165) is 35.0 Å². The third-order valence-electron chi connectivity index (χ3n) is 6.82. The summed E-state index contributed by atoms with van der Waals surface area (Å²) in [6.45, 7) is 1.98. The molecule has 3 heterocycles. The highest BCUT2D eigenvalue weighted by molar-refractivity contribution is 5.97. The molecule has 2 aromatic carbocycles. The van der Waals surface area contributed by atoms with Crippen molar-refractivity contribution in [3.05, 3.63) is 60.9 Å². The Morgan fingerprint density at radius 2 is 1.82 bits per heavy atom. The van der Waals surface area contributed by atoms with Crippen molar-refractivity contribution in [3.8, 4) is 23.1 Å². The molecule has 0 aliphatic heterocycles. The largest absolute Gasteiger partial charge is 0.493 e. The van der Waals surface area contributed by atoms with E-state index in [1.165, 1.54) is 6.33 Å². The second-order valence-electron chi connectivity index (χ2n) is 9.54. The highest BCUT2D eigenvalue weighted by atomic mass is 16.5. The molecule has 5 aromatic rings. The summed E-state index contributed by atoms with van der Waals surface area (Å²) in [7, 11) is 5.84. The summed E-state index contributed by atoms with van der Waals surface area (Å²) < 4.78 is 19.7. The molecule has 1 aliphatic rings. The fraction of sp³-hybridized carbons (Fsp3) is 0.296. The number of benzene rings is 2. The van der Waals surface area contributed by atoms with E-state index in [2.05, 4.69) is 49.3 Å². The summed E-state index contributed by atoms with van der Waals surface area (Å²) in [6.07, 6.45) is 6.62. The zero-order valence-electron chi connectivity index (χ0n) is 21.6. The first-order valence-corrected chi connectivity index (χ1v) is 12.3. The van der Waals surface area contributed by atoms with E-state index >= 15 is 0 Å². The second-order valence-corrected chi connectivity index (χ2v) is 9.54. The molecule has 0 saturated heterocycles. The molecule has 6 rings (SSSR count). The van der Waals surface area contributed by atoms with Crippen molar-refractivity contribution in [3.63, 3.8) is 0 Å². The predicted molar refractivity (Wildman–Crippen MR) is 143 cm³/mol. The van der Waals surface area contributed by atoms with Crippen LogP contribution in [0.4, 0.5) is 11.5 Å². The van der Waals surface area contributed by atoms with Gasteiger partial charge in [0.15, 0.2) is 17.1 Å². The SMILES string of the molecule is COc1ccc2ncnc(Nc3ccc(Oc4cc5ncnn5cn4)c(C)c3)c2c1OC1CC(N(C)C)C1. The lowest BCUT2D eigenvalue weighted by molar-refractivity contribution is 0.0394. The van der Waals surface area contributed by atoms with Crippen LogP contribution in [-0.4, -0.2) is 67.8 Å². The predicted octanol–water partition coefficient (Wildman–Crippen LogP) is 4.39. The van der Waals surface area contributed by atoms with Crippen LogP contribution in [0.2, 0.25) is 0 Å². The standard InChI is InChI=1S/C27H28N8O3/c1-16-9-17(5-7-21(16)38-24-12-23-29-14-32-35(23)15-31-24)33-27-25-20(28-13-30-27)6-8-22(36-4)26(25)37-19-10-18(11-19)34(2)3/h5-9,12-15,18-19H,10-11H2,1-4H3,(H,28,30,33). The number of rotatable bonds is 8. The minimum absolute atomic E-state index is 0.110. The summed E-state index contributed by atoms with van der Waals surface area (Å²) in [5.74, 6) is 3.07. The van der Waals surface area contributed by atoms with Crippen LogP contribution in [0, 0.1) is 6.92 Å². The minimum Gasteiger partial charge on any atom is -0.493 e. The van der Waals surface area contributed by atoms with Gasteiger partial charge >= 0.3 is 0 Å². The van der Waals surface area contributed by atoms with E-state index in [-0.39, 0.29) is 6.10 Å². The van der Waals surface area contributed by atoms with Crippen LogP contribution in [0.5, 0.6) is 23.1 Å². The van der Waals surface area contributed by atoms with Gasteiger partial charge in [-0.1, -0.05) is 0 Å². The maximum Gasteiger partial charge on any atom is 0.224 e. The summed E-state index contributed by atoms with van der Waals surface area (Å²) in [4.78, 5) is 19.7. The van der Waals surface area contributed by atoms with Crippen molar-refractivity contribution in [1.29, 1.82) is 0 Å². The van der Waals surface area contributed by atoms with Crippen LogP contribution < -0.4 is 19.5 Å². The number of hydrogen-bond acceptors (Lipinski definition) is 10. The van der Waals surface area contributed by atoms with Gasteiger partial charge in [0, 0.05) is 17.8 Å². The Kier molecular flexibility index (Phi) is 6.12. The van der Waals surface area contributed by atoms with Crippen molar-refractivity contribution in [2.75, 3.05) is 26.5 Å². The number of fused-ring (bicyclic) bond motifs is 2. The van der Waals surface area contributed by atoms with Crippen LogP contribution in [0.1, 0.15) is 18.4 Å². The smallest absolute Gasteiger partial charge is 0.224 e. The maximum atomic E-state index is 6.47. The Labute approximate surface area is 219 Å². The molecule has 1 fully saturated rings. The zero-order chi connectivity index (χ0) is 26.2. The third-order valence-corrected chi connectivity index (χ3v) is 6.82. The molecule has 11 nitrogen and oxygen atoms in total. The van der Waals surface area contributed by atoms with Gasteiger partial charge in [0.2, 0.25) is 5.88 Å². The molecule has 1 aliphatic carbocycles. The molecule has 0 bridgehead atoms. The van der Waals surface area contributed by atoms with Crippen LogP contribution >= 0.6 is 0 Å². The highest BCUT2D eigenvalue weighted by Gasteiger charge is 2.33. The van der Waals surface area contributed by atoms with E-state index in [4.69, 9.17) is 14.2 Å². The molecular weight excluding hydrogens is 484 g/mol. The van der Waals surface area contributed by atoms with E-state index < -0.39 is 0 Å². The van der Waals surface area contributed by atoms with Crippen LogP contribution in [-0.2, 0) is 0 Å². The van der Waals surface area contributed by atoms with Crippen molar-refractivity contribution in [1.82, 2.24) is 34.4 Å². The Morgan fingerprint density at radius 3 is 2.61 bits per heavy atom. The Hall–Kier alpha value is -4.51. The molecule has 194 valence electrons. The van der Waals surface area contributed by atoms with E-state index in [1.807, 2.05) is 37.3 Å². The molecule has 1 saturated carbocycles. The normalized spacial score (nSPS) is 17.0. The molecule has 11 heteroatoms. The zero-order valence-corrected chi connectivity index (χ0v) is 21.6. The van der Waals surface area contributed by atoms with Gasteiger partial charge in [0.05, 0.1) is 18.0 Å². The monoisotopic (exact) mass is 512 g/mol. The molecule has 0 unspecified atom stereocenters. The van der Waals surface area contributed by atoms with Crippen LogP contribution in [0.3, 0.4) is 0 Å². The first kappa shape index (κ1) is 23.9. The summed E-state index contributed by atoms with van der Waals surface area (Å²) >= 11 is 0. The highest BCUT2D eigenvalue weighted by Crippen LogP contribution is 2.42. The first-order valence-electron chi connectivity index (χ1n) is 12.3. The average molecular weight is 513 g/mol. The topological polar surface area (TPSA) is 112 Å². The van der Waals surface area contributed by atoms with Gasteiger partial charge in [-0.3, -0.25) is 0 Å². The minimum atomic E-state index is 0.110. The van der Waals surface area contributed by atoms with Gasteiger partial charge in [-0.25, -0.2) is 24.5 Å². The summed E-state index contributed by atoms with van der Waals surface area (Å²) in [5.41, 5.74) is 3.21. The summed E-state index contributed by atoms with van der Waals surface area (Å²) in [5, 5.41) is 8.28. The summed E-state index contributed by atoms with van der Waals surface area (Å²) in [6, 6.07) is 11.9. The van der Waals surface area contributed by atoms with Gasteiger partial charge in [-0.15, -0.1) is 0 Å². The van der Waals surface area contributed by atoms with E-state index in [9.17, 15) is 0 Å². The molecule has 0 radical (unpaired) electrons. The van der Waals surface area contributed by atoms with Crippen LogP contribution in [0.15, 0.2) is 55.4 Å². The van der Waals surface area contributed by atoms with E-state index in [0.29, 0.717) is 40.6 Å². The third kappa shape index (κ3) is 4.52. The number of nitrogens with zero attached hydrogens (tertiary/aromatic N) is 7. The number of anilines is 2. The lowest BCUT2D eigenvalue weighted by Gasteiger charge is -2.39. The fourth-order valence-corrected chi connectivity index (χ4v) is 4.56. The average Bonchev–Trinajstić information content (AvgIpc) is 3.35. The molecular formula is C27H28N8O3. The molecule has 3 aromatic heterocycles. The van der Waals surface area contributed by atoms with Crippen molar-refractivity contribution in [2.45, 2.75) is 31.9 Å². The second kappa shape index (κ2) is 9.75. The number of aromatic nitrogens is 6. The fourth-order valence-electron chi connectivity index (χ4n) is 4.56. The molecule has 0 amide bonds. The number of nitrogens with one attached hydrogen (secondary N) is 1. The van der Waals surface area contributed by atoms with Crippen molar-refractivity contribution < 1.29 is 14.2 Å². The van der Waals surface area contributed by atoms with Crippen molar-refractivity contribution >= 4 is 28.1 Å². The van der Waals surface area contributed by atoms with Gasteiger partial charge in [-0.05, 0) is 69.8 Å². The number of hydrogen-bond donors (Lipinski definition) is 1. The molecule has 0 spiro atoms. The van der Waals surface area contributed by atoms with Gasteiger partial charge in [0.25, 0.3) is 0 Å². The van der Waals surface area contributed by atoms with E-state index in [1.54, 1.807) is 30.3 Å². The Morgan fingerprint density at radius 1 is 0.974 bits per heavy atom.